The van der Waals surface area contributed by atoms with E-state index in [1.807, 2.05) is 48.5 Å². The van der Waals surface area contributed by atoms with Gasteiger partial charge in [-0.05, 0) is 60.2 Å². The third kappa shape index (κ3) is 2.84. The van der Waals surface area contributed by atoms with E-state index in [2.05, 4.69) is 30.1 Å². The Hall–Kier alpha value is -3.20. The van der Waals surface area contributed by atoms with E-state index < -0.39 is 0 Å². The van der Waals surface area contributed by atoms with Crippen molar-refractivity contribution in [1.82, 2.24) is 4.98 Å². The molecule has 0 N–H and O–H groups in total. The average Bonchev–Trinajstić information content (AvgIpc) is 3.18. The first kappa shape index (κ1) is 16.9. The second kappa shape index (κ2) is 6.75. The number of aryl methyl sites for hydroxylation is 2. The fourth-order valence-electron chi connectivity index (χ4n) is 4.08. The Kier molecular flexibility index (Phi) is 4.09. The molecule has 0 saturated carbocycles. The second-order valence-electron chi connectivity index (χ2n) is 7.41. The summed E-state index contributed by atoms with van der Waals surface area (Å²) < 4.78 is 5.96. The summed E-state index contributed by atoms with van der Waals surface area (Å²) in [6, 6.07) is 22.2. The summed E-state index contributed by atoms with van der Waals surface area (Å²) in [5, 5.41) is 0. The number of nitrogens with zero attached hydrogens (tertiary/aromatic N) is 1. The zero-order valence-electron chi connectivity index (χ0n) is 15.8. The summed E-state index contributed by atoms with van der Waals surface area (Å²) in [6.45, 7) is 2.14. The van der Waals surface area contributed by atoms with E-state index in [0.717, 1.165) is 52.6 Å². The highest BCUT2D eigenvalue weighted by Crippen LogP contribution is 2.34. The molecule has 0 aliphatic heterocycles. The van der Waals surface area contributed by atoms with Crippen molar-refractivity contribution < 1.29 is 9.21 Å². The number of rotatable bonds is 3. The molecule has 1 aromatic heterocycles. The monoisotopic (exact) mass is 367 g/mol. The number of carbonyl (C=O) groups excluding carboxylic acids is 1. The third-order valence-electron chi connectivity index (χ3n) is 5.72. The Morgan fingerprint density at radius 3 is 2.68 bits per heavy atom. The van der Waals surface area contributed by atoms with Crippen LogP contribution in [-0.4, -0.2) is 10.8 Å². The van der Waals surface area contributed by atoms with Gasteiger partial charge in [0.05, 0.1) is 0 Å². The van der Waals surface area contributed by atoms with Crippen LogP contribution in [0.25, 0.3) is 22.6 Å². The molecule has 0 spiro atoms. The average molecular weight is 367 g/mol. The fraction of sp³-hybridized carbons (Fsp3) is 0.200. The molecule has 3 heteroatoms. The van der Waals surface area contributed by atoms with E-state index in [1.165, 1.54) is 5.56 Å². The maximum atomic E-state index is 13.0. The Bertz CT molecular complexity index is 1170. The van der Waals surface area contributed by atoms with E-state index in [1.54, 1.807) is 0 Å². The van der Waals surface area contributed by atoms with Gasteiger partial charge in [-0.25, -0.2) is 4.98 Å². The molecule has 5 rings (SSSR count). The molecule has 1 atom stereocenters. The van der Waals surface area contributed by atoms with Crippen molar-refractivity contribution >= 4 is 16.9 Å². The molecule has 3 aromatic carbocycles. The van der Waals surface area contributed by atoms with Crippen molar-refractivity contribution in [1.29, 1.82) is 0 Å². The Morgan fingerprint density at radius 2 is 1.86 bits per heavy atom. The van der Waals surface area contributed by atoms with Gasteiger partial charge in [0.25, 0.3) is 0 Å². The number of hydrogen-bond donors (Lipinski definition) is 0. The van der Waals surface area contributed by atoms with Crippen LogP contribution in [0.1, 0.15) is 46.3 Å². The lowest BCUT2D eigenvalue weighted by atomic mass is 9.79. The molecule has 1 heterocycles. The molecular formula is C25H21NO2. The molecule has 0 radical (unpaired) electrons. The lowest BCUT2D eigenvalue weighted by Crippen LogP contribution is -2.20. The summed E-state index contributed by atoms with van der Waals surface area (Å²) in [4.78, 5) is 17.7. The number of Topliss-reactive ketones (excluding diaryl/α,β-unsaturated/α-hetero) is 1. The van der Waals surface area contributed by atoms with Crippen molar-refractivity contribution in [3.05, 3.63) is 89.0 Å². The standard InChI is InChI=1S/C25H21NO2/c1-2-16-7-9-18(10-8-16)25-26-22-15-19(12-14-23(22)28-25)21-13-11-17-5-3-4-6-20(17)24(21)27/h3-10,12,14-15,21H,2,11,13H2,1H3. The highest BCUT2D eigenvalue weighted by molar-refractivity contribution is 6.03. The zero-order chi connectivity index (χ0) is 19.1. The van der Waals surface area contributed by atoms with Gasteiger partial charge in [0.1, 0.15) is 5.52 Å². The Labute approximate surface area is 164 Å². The predicted octanol–water partition coefficient (Wildman–Crippen LogP) is 5.97. The van der Waals surface area contributed by atoms with Crippen LogP contribution in [0.4, 0.5) is 0 Å². The van der Waals surface area contributed by atoms with Crippen molar-refractivity contribution in [2.75, 3.05) is 0 Å². The Balaban J connectivity index is 1.49. The summed E-state index contributed by atoms with van der Waals surface area (Å²) in [6.07, 6.45) is 2.78. The Morgan fingerprint density at radius 1 is 1.04 bits per heavy atom. The maximum absolute atomic E-state index is 13.0. The zero-order valence-corrected chi connectivity index (χ0v) is 15.8. The third-order valence-corrected chi connectivity index (χ3v) is 5.72. The molecular weight excluding hydrogens is 346 g/mol. The van der Waals surface area contributed by atoms with Crippen LogP contribution in [0, 0.1) is 0 Å². The normalized spacial score (nSPS) is 16.3. The number of fused-ring (bicyclic) bond motifs is 2. The predicted molar refractivity (Wildman–Crippen MR) is 111 cm³/mol. The van der Waals surface area contributed by atoms with Gasteiger partial charge in [0.2, 0.25) is 5.89 Å². The van der Waals surface area contributed by atoms with Gasteiger partial charge in [-0.15, -0.1) is 0 Å². The largest absolute Gasteiger partial charge is 0.436 e. The van der Waals surface area contributed by atoms with E-state index in [9.17, 15) is 4.79 Å². The van der Waals surface area contributed by atoms with Crippen LogP contribution in [-0.2, 0) is 12.8 Å². The number of benzene rings is 3. The smallest absolute Gasteiger partial charge is 0.227 e. The van der Waals surface area contributed by atoms with Gasteiger partial charge in [-0.1, -0.05) is 49.4 Å². The van der Waals surface area contributed by atoms with Crippen LogP contribution in [0.2, 0.25) is 0 Å². The van der Waals surface area contributed by atoms with Gasteiger partial charge in [-0.3, -0.25) is 4.79 Å². The molecule has 1 aliphatic carbocycles. The first-order valence-electron chi connectivity index (χ1n) is 9.85. The van der Waals surface area contributed by atoms with E-state index in [4.69, 9.17) is 4.42 Å². The molecule has 28 heavy (non-hydrogen) atoms. The molecule has 1 unspecified atom stereocenters. The first-order valence-corrected chi connectivity index (χ1v) is 9.85. The summed E-state index contributed by atoms with van der Waals surface area (Å²) in [5.41, 5.74) is 6.85. The van der Waals surface area contributed by atoms with Crippen molar-refractivity contribution in [3.8, 4) is 11.5 Å². The maximum Gasteiger partial charge on any atom is 0.227 e. The molecule has 0 amide bonds. The van der Waals surface area contributed by atoms with E-state index in [0.29, 0.717) is 5.89 Å². The fourth-order valence-corrected chi connectivity index (χ4v) is 4.08. The number of ketones is 1. The first-order chi connectivity index (χ1) is 13.7. The van der Waals surface area contributed by atoms with Gasteiger partial charge in [-0.2, -0.15) is 0 Å². The second-order valence-corrected chi connectivity index (χ2v) is 7.41. The van der Waals surface area contributed by atoms with Gasteiger partial charge in [0, 0.05) is 17.0 Å². The molecule has 0 fully saturated rings. The van der Waals surface area contributed by atoms with Crippen LogP contribution in [0.15, 0.2) is 71.1 Å². The number of oxazole rings is 1. The van der Waals surface area contributed by atoms with Gasteiger partial charge >= 0.3 is 0 Å². The molecule has 0 bridgehead atoms. The molecule has 0 saturated heterocycles. The summed E-state index contributed by atoms with van der Waals surface area (Å²) in [7, 11) is 0. The molecule has 3 nitrogen and oxygen atoms in total. The highest BCUT2D eigenvalue weighted by Gasteiger charge is 2.28. The number of carbonyl (C=O) groups is 1. The minimum Gasteiger partial charge on any atom is -0.436 e. The van der Waals surface area contributed by atoms with Crippen molar-refractivity contribution in [3.63, 3.8) is 0 Å². The van der Waals surface area contributed by atoms with Crippen LogP contribution in [0.5, 0.6) is 0 Å². The van der Waals surface area contributed by atoms with E-state index >= 15 is 0 Å². The van der Waals surface area contributed by atoms with E-state index in [-0.39, 0.29) is 11.7 Å². The van der Waals surface area contributed by atoms with Crippen LogP contribution in [0.3, 0.4) is 0 Å². The van der Waals surface area contributed by atoms with Crippen molar-refractivity contribution in [2.45, 2.75) is 32.1 Å². The van der Waals surface area contributed by atoms with Crippen LogP contribution >= 0.6 is 0 Å². The number of aromatic nitrogens is 1. The minimum atomic E-state index is -0.108. The lowest BCUT2D eigenvalue weighted by Gasteiger charge is -2.23. The quantitative estimate of drug-likeness (QED) is 0.448. The molecule has 138 valence electrons. The topological polar surface area (TPSA) is 43.1 Å². The number of hydrogen-bond acceptors (Lipinski definition) is 3. The molecule has 4 aromatic rings. The SMILES string of the molecule is CCc1ccc(-c2nc3cc(C4CCc5ccccc5C4=O)ccc3o2)cc1. The van der Waals surface area contributed by atoms with Gasteiger partial charge < -0.3 is 4.42 Å². The summed E-state index contributed by atoms with van der Waals surface area (Å²) in [5.74, 6) is 0.721. The molecule has 1 aliphatic rings. The lowest BCUT2D eigenvalue weighted by molar-refractivity contribution is 0.0946. The van der Waals surface area contributed by atoms with Crippen LogP contribution < -0.4 is 0 Å². The highest BCUT2D eigenvalue weighted by atomic mass is 16.3. The van der Waals surface area contributed by atoms with Crippen molar-refractivity contribution in [2.24, 2.45) is 0 Å². The minimum absolute atomic E-state index is 0.108. The van der Waals surface area contributed by atoms with Gasteiger partial charge in [0.15, 0.2) is 11.4 Å². The summed E-state index contributed by atoms with van der Waals surface area (Å²) >= 11 is 0.